The molecule has 0 saturated carbocycles. The second-order valence-electron chi connectivity index (χ2n) is 5.47. The topological polar surface area (TPSA) is 96.0 Å². The molecule has 1 aromatic carbocycles. The zero-order chi connectivity index (χ0) is 18.4. The Bertz CT molecular complexity index is 635. The first kappa shape index (κ1) is 18.6. The van der Waals surface area contributed by atoms with Crippen molar-refractivity contribution in [2.45, 2.75) is 13.8 Å². The first-order valence-electron chi connectivity index (χ1n) is 8.10. The van der Waals surface area contributed by atoms with E-state index in [0.29, 0.717) is 5.56 Å². The Hall–Kier alpha value is -2.70. The average molecular weight is 348 g/mol. The molecule has 1 aliphatic rings. The summed E-state index contributed by atoms with van der Waals surface area (Å²) in [5, 5.41) is 0. The summed E-state index contributed by atoms with van der Waals surface area (Å²) in [6.45, 7) is 3.05. The molecule has 2 rings (SSSR count). The van der Waals surface area contributed by atoms with Gasteiger partial charge >= 0.3 is 17.9 Å². The number of benzene rings is 1. The number of hydrogen-bond donors (Lipinski definition) is 0. The van der Waals surface area contributed by atoms with Crippen molar-refractivity contribution >= 4 is 23.7 Å². The van der Waals surface area contributed by atoms with Crippen LogP contribution in [0.3, 0.4) is 0 Å². The molecule has 0 amide bonds. The Kier molecular flexibility index (Phi) is 6.27. The Morgan fingerprint density at radius 2 is 1.64 bits per heavy atom. The number of carbonyl (C=O) groups is 4. The highest BCUT2D eigenvalue weighted by atomic mass is 16.6. The largest absolute Gasteiger partial charge is 0.465 e. The van der Waals surface area contributed by atoms with Gasteiger partial charge in [0.05, 0.1) is 25.0 Å². The predicted octanol–water partition coefficient (Wildman–Crippen LogP) is 1.40. The van der Waals surface area contributed by atoms with E-state index in [1.165, 1.54) is 0 Å². The molecule has 1 heterocycles. The fraction of sp³-hybridized carbons (Fsp3) is 0.444. The van der Waals surface area contributed by atoms with Crippen LogP contribution in [0.2, 0.25) is 0 Å². The van der Waals surface area contributed by atoms with Crippen molar-refractivity contribution in [3.05, 3.63) is 35.9 Å². The number of esters is 3. The highest BCUT2D eigenvalue weighted by molar-refractivity contribution is 6.05. The molecule has 0 unspecified atom stereocenters. The van der Waals surface area contributed by atoms with Gasteiger partial charge in [-0.1, -0.05) is 30.3 Å². The molecule has 1 fully saturated rings. The lowest BCUT2D eigenvalue weighted by atomic mass is 9.79. The van der Waals surface area contributed by atoms with Crippen molar-refractivity contribution in [1.29, 1.82) is 0 Å². The number of cyclic esters (lactones) is 1. The molecule has 7 nitrogen and oxygen atoms in total. The van der Waals surface area contributed by atoms with Crippen LogP contribution in [0.15, 0.2) is 30.3 Å². The second kappa shape index (κ2) is 8.41. The average Bonchev–Trinajstić information content (AvgIpc) is 2.97. The monoisotopic (exact) mass is 348 g/mol. The van der Waals surface area contributed by atoms with Gasteiger partial charge in [-0.25, -0.2) is 0 Å². The van der Waals surface area contributed by atoms with Gasteiger partial charge in [0.25, 0.3) is 0 Å². The van der Waals surface area contributed by atoms with E-state index in [-0.39, 0.29) is 25.6 Å². The number of ketones is 1. The summed E-state index contributed by atoms with van der Waals surface area (Å²) < 4.78 is 14.8. The normalized spacial score (nSPS) is 19.4. The SMILES string of the molecule is CCOC(=O)C(C(=O)OCC)[C@@H]1C(=O)OC[C@@H]1C(=O)c1ccccc1. The Balaban J connectivity index is 2.35. The third-order valence-corrected chi connectivity index (χ3v) is 3.95. The van der Waals surface area contributed by atoms with Gasteiger partial charge in [0.1, 0.15) is 6.61 Å². The maximum Gasteiger partial charge on any atom is 0.321 e. The van der Waals surface area contributed by atoms with Crippen LogP contribution < -0.4 is 0 Å². The van der Waals surface area contributed by atoms with Crippen molar-refractivity contribution in [3.63, 3.8) is 0 Å². The molecule has 1 saturated heterocycles. The van der Waals surface area contributed by atoms with E-state index in [9.17, 15) is 19.2 Å². The van der Waals surface area contributed by atoms with Gasteiger partial charge in [0.2, 0.25) is 0 Å². The molecule has 0 aliphatic carbocycles. The molecule has 1 aromatic rings. The fourth-order valence-electron chi connectivity index (χ4n) is 2.81. The Morgan fingerprint density at radius 3 is 2.16 bits per heavy atom. The lowest BCUT2D eigenvalue weighted by Gasteiger charge is -2.21. The van der Waals surface area contributed by atoms with E-state index < -0.39 is 35.7 Å². The standard InChI is InChI=1S/C18H20O7/c1-3-23-17(21)14(18(22)24-4-2)13-12(10-25-16(13)20)15(19)11-8-6-5-7-9-11/h5-9,12-14H,3-4,10H2,1-2H3/t12-,13+/m0/s1. The van der Waals surface area contributed by atoms with Gasteiger partial charge in [-0.2, -0.15) is 0 Å². The minimum absolute atomic E-state index is 0.0355. The van der Waals surface area contributed by atoms with Gasteiger partial charge in [-0.15, -0.1) is 0 Å². The minimum Gasteiger partial charge on any atom is -0.465 e. The van der Waals surface area contributed by atoms with Crippen LogP contribution in [-0.4, -0.2) is 43.5 Å². The van der Waals surface area contributed by atoms with Crippen molar-refractivity contribution in [3.8, 4) is 0 Å². The Labute approximate surface area is 145 Å². The number of ether oxygens (including phenoxy) is 3. The summed E-state index contributed by atoms with van der Waals surface area (Å²) in [6.07, 6.45) is 0. The van der Waals surface area contributed by atoms with Crippen LogP contribution in [0.1, 0.15) is 24.2 Å². The number of carbonyl (C=O) groups excluding carboxylic acids is 4. The van der Waals surface area contributed by atoms with Crippen LogP contribution in [-0.2, 0) is 28.6 Å². The van der Waals surface area contributed by atoms with Gasteiger partial charge in [0.15, 0.2) is 11.7 Å². The van der Waals surface area contributed by atoms with Crippen LogP contribution >= 0.6 is 0 Å². The maximum absolute atomic E-state index is 12.7. The van der Waals surface area contributed by atoms with Gasteiger partial charge < -0.3 is 14.2 Å². The van der Waals surface area contributed by atoms with Crippen molar-refractivity contribution in [2.24, 2.45) is 17.8 Å². The lowest BCUT2D eigenvalue weighted by Crippen LogP contribution is -2.41. The summed E-state index contributed by atoms with van der Waals surface area (Å²) in [5.74, 6) is -6.66. The van der Waals surface area contributed by atoms with Gasteiger partial charge in [-0.05, 0) is 13.8 Å². The lowest BCUT2D eigenvalue weighted by molar-refractivity contribution is -0.168. The summed E-state index contributed by atoms with van der Waals surface area (Å²) in [4.78, 5) is 49.4. The van der Waals surface area contributed by atoms with E-state index in [1.807, 2.05) is 0 Å². The molecule has 0 radical (unpaired) electrons. The van der Waals surface area contributed by atoms with E-state index in [1.54, 1.807) is 44.2 Å². The van der Waals surface area contributed by atoms with Crippen molar-refractivity contribution < 1.29 is 33.4 Å². The van der Waals surface area contributed by atoms with E-state index in [0.717, 1.165) is 0 Å². The molecular weight excluding hydrogens is 328 g/mol. The molecular formula is C18H20O7. The molecule has 0 N–H and O–H groups in total. The maximum atomic E-state index is 12.7. The minimum atomic E-state index is -1.52. The highest BCUT2D eigenvalue weighted by Crippen LogP contribution is 2.33. The van der Waals surface area contributed by atoms with E-state index >= 15 is 0 Å². The molecule has 7 heteroatoms. The summed E-state index contributed by atoms with van der Waals surface area (Å²) >= 11 is 0. The Morgan fingerprint density at radius 1 is 1.08 bits per heavy atom. The van der Waals surface area contributed by atoms with Gasteiger partial charge in [-0.3, -0.25) is 19.2 Å². The highest BCUT2D eigenvalue weighted by Gasteiger charge is 2.52. The first-order valence-corrected chi connectivity index (χ1v) is 8.10. The molecule has 134 valence electrons. The summed E-state index contributed by atoms with van der Waals surface area (Å²) in [7, 11) is 0. The fourth-order valence-corrected chi connectivity index (χ4v) is 2.81. The third-order valence-electron chi connectivity index (χ3n) is 3.95. The molecule has 2 atom stereocenters. The van der Waals surface area contributed by atoms with Gasteiger partial charge in [0, 0.05) is 5.56 Å². The smallest absolute Gasteiger partial charge is 0.321 e. The van der Waals surface area contributed by atoms with Crippen LogP contribution in [0.25, 0.3) is 0 Å². The van der Waals surface area contributed by atoms with Crippen LogP contribution in [0.4, 0.5) is 0 Å². The van der Waals surface area contributed by atoms with Crippen LogP contribution in [0.5, 0.6) is 0 Å². The zero-order valence-electron chi connectivity index (χ0n) is 14.1. The van der Waals surface area contributed by atoms with E-state index in [4.69, 9.17) is 14.2 Å². The molecule has 25 heavy (non-hydrogen) atoms. The van der Waals surface area contributed by atoms with Crippen molar-refractivity contribution in [2.75, 3.05) is 19.8 Å². The van der Waals surface area contributed by atoms with Crippen LogP contribution in [0, 0.1) is 17.8 Å². The number of hydrogen-bond acceptors (Lipinski definition) is 7. The zero-order valence-corrected chi connectivity index (χ0v) is 14.1. The molecule has 0 bridgehead atoms. The summed E-state index contributed by atoms with van der Waals surface area (Å²) in [6, 6.07) is 8.34. The number of rotatable bonds is 7. The predicted molar refractivity (Wildman–Crippen MR) is 85.5 cm³/mol. The quantitative estimate of drug-likeness (QED) is 0.318. The first-order chi connectivity index (χ1) is 12.0. The summed E-state index contributed by atoms with van der Waals surface area (Å²) in [5.41, 5.74) is 0.377. The third kappa shape index (κ3) is 4.04. The van der Waals surface area contributed by atoms with Crippen molar-refractivity contribution in [1.82, 2.24) is 0 Å². The number of Topliss-reactive ketones (excluding diaryl/α,β-unsaturated/α-hetero) is 1. The molecule has 1 aliphatic heterocycles. The molecule has 0 spiro atoms. The van der Waals surface area contributed by atoms with E-state index in [2.05, 4.69) is 0 Å². The molecule has 0 aromatic heterocycles. The second-order valence-corrected chi connectivity index (χ2v) is 5.47.